The number of hydrogen-bond donors (Lipinski definition) is 0. The molecular formula is C21H18N2O2S. The summed E-state index contributed by atoms with van der Waals surface area (Å²) in [5.41, 5.74) is 4.56. The Morgan fingerprint density at radius 1 is 1.12 bits per heavy atom. The summed E-state index contributed by atoms with van der Waals surface area (Å²) in [5, 5.41) is 11.3. The molecule has 0 bridgehead atoms. The van der Waals surface area contributed by atoms with E-state index in [2.05, 4.69) is 52.2 Å². The van der Waals surface area contributed by atoms with Gasteiger partial charge in [0.1, 0.15) is 11.5 Å². The van der Waals surface area contributed by atoms with Crippen LogP contribution in [0.4, 0.5) is 0 Å². The lowest BCUT2D eigenvalue weighted by atomic mass is 9.96. The fourth-order valence-electron chi connectivity index (χ4n) is 3.63. The number of fused-ring (bicyclic) bond motifs is 3. The van der Waals surface area contributed by atoms with Crippen molar-refractivity contribution in [1.82, 2.24) is 5.01 Å². The van der Waals surface area contributed by atoms with Crippen molar-refractivity contribution >= 4 is 17.0 Å². The number of benzene rings is 2. The fourth-order valence-corrected chi connectivity index (χ4v) is 4.29. The summed E-state index contributed by atoms with van der Waals surface area (Å²) in [6, 6.07) is 18.7. The smallest absolute Gasteiger partial charge is 0.214 e. The Balaban J connectivity index is 1.56. The number of nitrogens with zero attached hydrogens (tertiary/aromatic N) is 2. The van der Waals surface area contributed by atoms with Gasteiger partial charge in [0.05, 0.1) is 18.9 Å². The normalized spacial score (nSPS) is 20.8. The minimum atomic E-state index is -0.183. The van der Waals surface area contributed by atoms with Gasteiger partial charge in [-0.2, -0.15) is 16.4 Å². The van der Waals surface area contributed by atoms with Crippen LogP contribution in [0.2, 0.25) is 0 Å². The van der Waals surface area contributed by atoms with Gasteiger partial charge in [-0.3, -0.25) is 0 Å². The molecule has 3 aromatic rings. The monoisotopic (exact) mass is 362 g/mol. The first-order chi connectivity index (χ1) is 12.8. The Hall–Kier alpha value is -2.79. The van der Waals surface area contributed by atoms with E-state index in [4.69, 9.17) is 14.6 Å². The molecule has 2 aliphatic heterocycles. The lowest BCUT2D eigenvalue weighted by Crippen LogP contribution is -2.33. The van der Waals surface area contributed by atoms with Gasteiger partial charge >= 0.3 is 0 Å². The van der Waals surface area contributed by atoms with Crippen molar-refractivity contribution in [2.24, 2.45) is 5.10 Å². The van der Waals surface area contributed by atoms with Crippen molar-refractivity contribution < 1.29 is 9.47 Å². The van der Waals surface area contributed by atoms with E-state index in [1.54, 1.807) is 18.4 Å². The van der Waals surface area contributed by atoms with Crippen LogP contribution in [0.15, 0.2) is 70.5 Å². The Morgan fingerprint density at radius 3 is 2.73 bits per heavy atom. The molecule has 0 aliphatic carbocycles. The van der Waals surface area contributed by atoms with Crippen LogP contribution in [0.1, 0.15) is 35.4 Å². The molecule has 2 aromatic carbocycles. The summed E-state index contributed by atoms with van der Waals surface area (Å²) < 4.78 is 11.6. The average molecular weight is 362 g/mol. The quantitative estimate of drug-likeness (QED) is 0.658. The molecule has 0 radical (unpaired) electrons. The summed E-state index contributed by atoms with van der Waals surface area (Å²) in [5.74, 6) is 1.81. The second-order valence-corrected chi connectivity index (χ2v) is 7.22. The first kappa shape index (κ1) is 15.5. The third-order valence-corrected chi connectivity index (χ3v) is 5.65. The van der Waals surface area contributed by atoms with Crippen molar-refractivity contribution in [3.63, 3.8) is 0 Å². The minimum Gasteiger partial charge on any atom is -0.497 e. The van der Waals surface area contributed by atoms with Gasteiger partial charge in [0.2, 0.25) is 6.23 Å². The third kappa shape index (κ3) is 2.47. The highest BCUT2D eigenvalue weighted by atomic mass is 32.1. The van der Waals surface area contributed by atoms with Crippen LogP contribution in [0.5, 0.6) is 11.5 Å². The van der Waals surface area contributed by atoms with Crippen LogP contribution in [0.25, 0.3) is 0 Å². The molecule has 3 heterocycles. The molecule has 0 fully saturated rings. The van der Waals surface area contributed by atoms with E-state index in [1.165, 1.54) is 5.56 Å². The van der Waals surface area contributed by atoms with Crippen molar-refractivity contribution in [2.75, 3.05) is 7.11 Å². The van der Waals surface area contributed by atoms with E-state index in [0.717, 1.165) is 34.8 Å². The summed E-state index contributed by atoms with van der Waals surface area (Å²) in [6.45, 7) is 0. The molecule has 2 aliphatic rings. The maximum Gasteiger partial charge on any atom is 0.214 e. The lowest BCUT2D eigenvalue weighted by Gasteiger charge is -2.37. The summed E-state index contributed by atoms with van der Waals surface area (Å²) in [6.07, 6.45) is 0.685. The van der Waals surface area contributed by atoms with E-state index < -0.39 is 0 Å². The third-order valence-electron chi connectivity index (χ3n) is 4.95. The van der Waals surface area contributed by atoms with Crippen LogP contribution in [0, 0.1) is 0 Å². The molecule has 0 spiro atoms. The Kier molecular flexibility index (Phi) is 3.68. The molecule has 26 heavy (non-hydrogen) atoms. The van der Waals surface area contributed by atoms with Gasteiger partial charge in [0.15, 0.2) is 0 Å². The van der Waals surface area contributed by atoms with Gasteiger partial charge in [-0.25, -0.2) is 5.01 Å². The molecule has 0 saturated heterocycles. The Morgan fingerprint density at radius 2 is 1.96 bits per heavy atom. The number of ether oxygens (including phenoxy) is 2. The molecule has 2 unspecified atom stereocenters. The fraction of sp³-hybridized carbons (Fsp3) is 0.190. The zero-order valence-electron chi connectivity index (χ0n) is 14.3. The van der Waals surface area contributed by atoms with Crippen LogP contribution < -0.4 is 9.47 Å². The summed E-state index contributed by atoms with van der Waals surface area (Å²) in [4.78, 5) is 0. The number of methoxy groups -OCH3 is 1. The van der Waals surface area contributed by atoms with Crippen LogP contribution in [-0.2, 0) is 0 Å². The Labute approximate surface area is 156 Å². The molecule has 0 N–H and O–H groups in total. The molecule has 2 atom stereocenters. The van der Waals surface area contributed by atoms with Crippen molar-refractivity contribution in [1.29, 1.82) is 0 Å². The topological polar surface area (TPSA) is 34.1 Å². The van der Waals surface area contributed by atoms with Gasteiger partial charge in [-0.1, -0.05) is 18.2 Å². The molecule has 1 aromatic heterocycles. The van der Waals surface area contributed by atoms with Crippen molar-refractivity contribution in [2.45, 2.75) is 18.7 Å². The van der Waals surface area contributed by atoms with Crippen LogP contribution in [-0.4, -0.2) is 17.8 Å². The standard InChI is InChI=1S/C21H18N2O2S/c1-24-16-8-6-14(7-9-16)18-12-19-17-4-2-3-5-20(17)25-21(23(19)22-18)15-10-11-26-13-15/h2-11,13,19,21H,12H2,1H3. The van der Waals surface area contributed by atoms with Gasteiger partial charge in [0, 0.05) is 17.5 Å². The Bertz CT molecular complexity index is 950. The molecular weight excluding hydrogens is 344 g/mol. The highest BCUT2D eigenvalue weighted by Gasteiger charge is 2.40. The molecule has 4 nitrogen and oxygen atoms in total. The van der Waals surface area contributed by atoms with Crippen molar-refractivity contribution in [3.05, 3.63) is 82.0 Å². The lowest BCUT2D eigenvalue weighted by molar-refractivity contribution is -0.0187. The first-order valence-electron chi connectivity index (χ1n) is 8.61. The second-order valence-electron chi connectivity index (χ2n) is 6.44. The van der Waals surface area contributed by atoms with Gasteiger partial charge in [-0.05, 0) is 52.7 Å². The first-order valence-corrected chi connectivity index (χ1v) is 9.55. The SMILES string of the molecule is COc1ccc(C2=NN3C(C2)c2ccccc2OC3c2ccsc2)cc1. The molecule has 5 heteroatoms. The minimum absolute atomic E-state index is 0.183. The largest absolute Gasteiger partial charge is 0.497 e. The highest BCUT2D eigenvalue weighted by Crippen LogP contribution is 2.47. The van der Waals surface area contributed by atoms with E-state index >= 15 is 0 Å². The number of rotatable bonds is 3. The van der Waals surface area contributed by atoms with Gasteiger partial charge in [0.25, 0.3) is 0 Å². The van der Waals surface area contributed by atoms with Crippen molar-refractivity contribution in [3.8, 4) is 11.5 Å². The zero-order chi connectivity index (χ0) is 17.5. The summed E-state index contributed by atoms with van der Waals surface area (Å²) in [7, 11) is 1.68. The molecule has 0 saturated carbocycles. The average Bonchev–Trinajstić information content (AvgIpc) is 3.37. The number of thiophene rings is 1. The molecule has 130 valence electrons. The maximum atomic E-state index is 6.32. The number of hydrogen-bond acceptors (Lipinski definition) is 5. The van der Waals surface area contributed by atoms with E-state index in [0.29, 0.717) is 0 Å². The maximum absolute atomic E-state index is 6.32. The second kappa shape index (κ2) is 6.18. The number of para-hydroxylation sites is 1. The molecule has 5 rings (SSSR count). The van der Waals surface area contributed by atoms with E-state index in [9.17, 15) is 0 Å². The predicted molar refractivity (Wildman–Crippen MR) is 103 cm³/mol. The summed E-state index contributed by atoms with van der Waals surface area (Å²) >= 11 is 1.68. The van der Waals surface area contributed by atoms with E-state index in [-0.39, 0.29) is 12.3 Å². The van der Waals surface area contributed by atoms with Gasteiger partial charge < -0.3 is 9.47 Å². The van der Waals surface area contributed by atoms with Gasteiger partial charge in [-0.15, -0.1) is 0 Å². The number of hydrazone groups is 1. The zero-order valence-corrected chi connectivity index (χ0v) is 15.1. The van der Waals surface area contributed by atoms with Crippen LogP contribution >= 0.6 is 11.3 Å². The van der Waals surface area contributed by atoms with Crippen LogP contribution in [0.3, 0.4) is 0 Å². The van der Waals surface area contributed by atoms with E-state index in [1.807, 2.05) is 18.2 Å². The predicted octanol–water partition coefficient (Wildman–Crippen LogP) is 5.00. The highest BCUT2D eigenvalue weighted by molar-refractivity contribution is 7.07. The molecule has 0 amide bonds.